The summed E-state index contributed by atoms with van der Waals surface area (Å²) in [4.78, 5) is 67.2. The van der Waals surface area contributed by atoms with Crippen LogP contribution in [0.2, 0.25) is 0 Å². The maximum Gasteiger partial charge on any atom is 0.276 e. The summed E-state index contributed by atoms with van der Waals surface area (Å²) in [5.41, 5.74) is 10.3. The first-order chi connectivity index (χ1) is 34.5. The summed E-state index contributed by atoms with van der Waals surface area (Å²) >= 11 is 0. The fraction of sp³-hybridized carbons (Fsp3) is 0.426. The van der Waals surface area contributed by atoms with Crippen LogP contribution in [0.25, 0.3) is 22.1 Å². The molecule has 0 aliphatic carbocycles. The third-order valence-corrected chi connectivity index (χ3v) is 13.1. The summed E-state index contributed by atoms with van der Waals surface area (Å²) in [7, 11) is 0. The molecule has 24 heteroatoms. The van der Waals surface area contributed by atoms with Crippen LogP contribution < -0.4 is 31.2 Å². The number of aromatic amines is 1. The molecule has 2 bridgehead atoms. The van der Waals surface area contributed by atoms with Crippen LogP contribution in [0.4, 0.5) is 11.9 Å². The number of benzene rings is 2. The Labute approximate surface area is 406 Å². The number of primary amides is 1. The highest BCUT2D eigenvalue weighted by Crippen LogP contribution is 2.36. The number of nitrogens with zero attached hydrogens (tertiary/aromatic N) is 12. The maximum absolute atomic E-state index is 14.1. The Morgan fingerprint density at radius 2 is 1.27 bits per heavy atom. The topological polar surface area (TPSA) is 287 Å². The lowest BCUT2D eigenvalue weighted by molar-refractivity contribution is -0.0534. The second-order valence-electron chi connectivity index (χ2n) is 17.8. The molecule has 6 N–H and O–H groups in total. The van der Waals surface area contributed by atoms with Crippen molar-refractivity contribution in [3.8, 4) is 11.5 Å². The fourth-order valence-corrected chi connectivity index (χ4v) is 9.82. The van der Waals surface area contributed by atoms with E-state index in [1.807, 2.05) is 49.0 Å². The van der Waals surface area contributed by atoms with Crippen molar-refractivity contribution in [3.63, 3.8) is 0 Å². The minimum Gasteiger partial charge on any atom is -0.490 e. The van der Waals surface area contributed by atoms with Crippen molar-refractivity contribution in [1.82, 2.24) is 69.5 Å². The monoisotopic (exact) mass is 969 g/mol. The van der Waals surface area contributed by atoms with E-state index in [-0.39, 0.29) is 67.8 Å². The molecule has 7 aromatic rings. The number of morpholine rings is 1. The predicted octanol–water partition coefficient (Wildman–Crippen LogP) is 3.17. The van der Waals surface area contributed by atoms with Gasteiger partial charge in [0.15, 0.2) is 5.82 Å². The average molecular weight is 970 g/mol. The number of allylic oxidation sites excluding steroid dienone is 2. The molecule has 2 unspecified atom stereocenters. The lowest BCUT2D eigenvalue weighted by Crippen LogP contribution is -2.55. The molecule has 2 aromatic carbocycles. The number of imidazole rings is 2. The van der Waals surface area contributed by atoms with Gasteiger partial charge < -0.3 is 34.4 Å². The van der Waals surface area contributed by atoms with E-state index in [9.17, 15) is 19.2 Å². The van der Waals surface area contributed by atoms with Crippen LogP contribution in [0.3, 0.4) is 0 Å². The molecule has 2 fully saturated rings. The molecule has 4 amide bonds. The van der Waals surface area contributed by atoms with Crippen LogP contribution in [0.1, 0.15) is 92.0 Å². The number of hydrogen-bond acceptors (Lipinski definition) is 15. The summed E-state index contributed by atoms with van der Waals surface area (Å²) in [6.07, 6.45) is 6.69. The Morgan fingerprint density at radius 3 is 1.79 bits per heavy atom. The number of aryl methyl sites for hydroxylation is 5. The van der Waals surface area contributed by atoms with Crippen LogP contribution >= 0.6 is 0 Å². The Balaban J connectivity index is 1.08. The smallest absolute Gasteiger partial charge is 0.276 e. The fourth-order valence-electron chi connectivity index (χ4n) is 9.82. The largest absolute Gasteiger partial charge is 0.490 e. The lowest BCUT2D eigenvalue weighted by atomic mass is 10.1. The minimum absolute atomic E-state index is 0.0823. The van der Waals surface area contributed by atoms with Gasteiger partial charge in [0, 0.05) is 62.4 Å². The second kappa shape index (κ2) is 19.8. The average Bonchev–Trinajstić information content (AvgIpc) is 4.23. The number of nitrogens with two attached hydrogens (primary N) is 1. The van der Waals surface area contributed by atoms with Crippen molar-refractivity contribution in [3.05, 3.63) is 88.3 Å². The first kappa shape index (κ1) is 46.7. The molecule has 10 rings (SSSR count). The number of tetrazole rings is 1. The highest BCUT2D eigenvalue weighted by atomic mass is 16.5. The molecule has 0 radical (unpaired) electrons. The van der Waals surface area contributed by atoms with Crippen LogP contribution in [-0.4, -0.2) is 139 Å². The summed E-state index contributed by atoms with van der Waals surface area (Å²) in [5.74, 6) is -0.243. The standard InChI is InChI=1S/C47H55N17O7/c1-5-62-35(16-26(3)56-62)44(67)52-46-50-33-18-28(42(48)65)20-37-40(33)60(46)14-7-8-15-61-41-34(51-47(61)53-45(68)36-17-27(4)57-63(36)6-2)19-29(43(66)49-13-9-10-39-54-58-59-55-39)21-38(41)71-25-32(24-70-37)64-30-11-12-31(64)23-69-22-30/h7-8,16-21,30-32H,5-6,9-15,22-25H2,1-4H3,(H2,48,65)(H,49,66)(H,50,52,67)(H,51,53,68)(H,54,55,58,59)/b8-7+/t30?,31?,32-/m0/s1. The van der Waals surface area contributed by atoms with Crippen molar-refractivity contribution >= 4 is 57.6 Å². The van der Waals surface area contributed by atoms with Crippen molar-refractivity contribution in [2.24, 2.45) is 5.73 Å². The molecule has 3 aliphatic rings. The van der Waals surface area contributed by atoms with Crippen LogP contribution in [0.15, 0.2) is 48.6 Å². The van der Waals surface area contributed by atoms with Crippen molar-refractivity contribution in [2.45, 2.75) is 97.7 Å². The van der Waals surface area contributed by atoms with Crippen molar-refractivity contribution in [2.75, 3.05) is 43.6 Å². The van der Waals surface area contributed by atoms with Gasteiger partial charge in [-0.1, -0.05) is 17.4 Å². The third kappa shape index (κ3) is 9.41. The molecule has 0 spiro atoms. The van der Waals surface area contributed by atoms with Gasteiger partial charge in [0.25, 0.3) is 17.7 Å². The number of H-pyrrole nitrogens is 1. The number of amides is 4. The number of ether oxygens (including phenoxy) is 3. The van der Waals surface area contributed by atoms with Gasteiger partial charge in [-0.3, -0.25) is 44.1 Å². The molecule has 5 aromatic heterocycles. The molecular formula is C47H55N17O7. The molecule has 2 saturated heterocycles. The summed E-state index contributed by atoms with van der Waals surface area (Å²) in [6, 6.07) is 9.77. The minimum atomic E-state index is -0.677. The number of nitrogens with one attached hydrogen (secondary N) is 4. The summed E-state index contributed by atoms with van der Waals surface area (Å²) < 4.78 is 26.7. The molecule has 3 atom stereocenters. The molecule has 0 saturated carbocycles. The van der Waals surface area contributed by atoms with Gasteiger partial charge in [0.05, 0.1) is 41.7 Å². The summed E-state index contributed by atoms with van der Waals surface area (Å²) in [5, 5.41) is 32.0. The quantitative estimate of drug-likeness (QED) is 0.0820. The number of anilines is 2. The number of rotatable bonds is 13. The summed E-state index contributed by atoms with van der Waals surface area (Å²) in [6.45, 7) is 10.3. The zero-order valence-electron chi connectivity index (χ0n) is 39.8. The highest BCUT2D eigenvalue weighted by molar-refractivity contribution is 6.05. The van der Waals surface area contributed by atoms with Gasteiger partial charge in [-0.25, -0.2) is 9.97 Å². The Bertz CT molecular complexity index is 3170. The van der Waals surface area contributed by atoms with E-state index in [0.29, 0.717) is 113 Å². The third-order valence-electron chi connectivity index (χ3n) is 13.1. The predicted molar refractivity (Wildman–Crippen MR) is 257 cm³/mol. The molecule has 370 valence electrons. The van der Waals surface area contributed by atoms with Gasteiger partial charge in [-0.05, 0) is 83.4 Å². The highest BCUT2D eigenvalue weighted by Gasteiger charge is 2.42. The van der Waals surface area contributed by atoms with E-state index in [1.54, 1.807) is 45.8 Å². The molecule has 24 nitrogen and oxygen atoms in total. The van der Waals surface area contributed by atoms with E-state index in [2.05, 4.69) is 51.7 Å². The zero-order valence-corrected chi connectivity index (χ0v) is 39.8. The maximum atomic E-state index is 14.1. The van der Waals surface area contributed by atoms with E-state index in [4.69, 9.17) is 29.9 Å². The zero-order chi connectivity index (χ0) is 49.3. The van der Waals surface area contributed by atoms with Crippen molar-refractivity contribution < 1.29 is 33.4 Å². The van der Waals surface area contributed by atoms with Crippen LogP contribution in [0.5, 0.6) is 11.5 Å². The normalized spacial score (nSPS) is 18.6. The Morgan fingerprint density at radius 1 is 0.718 bits per heavy atom. The lowest BCUT2D eigenvalue weighted by Gasteiger charge is -2.40. The number of fused-ring (bicyclic) bond motifs is 2. The van der Waals surface area contributed by atoms with E-state index in [1.165, 1.54) is 0 Å². The van der Waals surface area contributed by atoms with Gasteiger partial charge in [-0.15, -0.1) is 10.2 Å². The Kier molecular flexibility index (Phi) is 13.0. The second-order valence-corrected chi connectivity index (χ2v) is 17.8. The number of carbonyl (C=O) groups excluding carboxylic acids is 4. The number of aromatic nitrogens is 12. The van der Waals surface area contributed by atoms with Crippen molar-refractivity contribution in [1.29, 1.82) is 0 Å². The van der Waals surface area contributed by atoms with Crippen LogP contribution in [0, 0.1) is 13.8 Å². The van der Waals surface area contributed by atoms with Gasteiger partial charge in [0.2, 0.25) is 17.8 Å². The molecule has 8 heterocycles. The molecular weight excluding hydrogens is 915 g/mol. The van der Waals surface area contributed by atoms with E-state index >= 15 is 0 Å². The SMILES string of the molecule is CCn1nc(C)cc1C(=O)Nc1nc2cc(C(N)=O)cc3c2n1C/C=C/Cn1c(NC(=O)c2cc(C)nn2CC)nc2cc(C(=O)NCCCc4nn[nH]n4)cc(c21)OC[C@@H](N1C2CCC1COC2)CO3. The van der Waals surface area contributed by atoms with Gasteiger partial charge in [-0.2, -0.15) is 15.4 Å². The van der Waals surface area contributed by atoms with E-state index < -0.39 is 17.7 Å². The Hall–Kier alpha value is -7.99. The van der Waals surface area contributed by atoms with Gasteiger partial charge >= 0.3 is 0 Å². The molecule has 71 heavy (non-hydrogen) atoms. The number of carbonyl (C=O) groups is 4. The molecule has 3 aliphatic heterocycles. The first-order valence-electron chi connectivity index (χ1n) is 23.8. The first-order valence-corrected chi connectivity index (χ1v) is 23.8. The number of hydrogen-bond donors (Lipinski definition) is 5. The van der Waals surface area contributed by atoms with Crippen LogP contribution in [-0.2, 0) is 37.3 Å². The van der Waals surface area contributed by atoms with E-state index in [0.717, 1.165) is 12.8 Å². The van der Waals surface area contributed by atoms with Gasteiger partial charge in [0.1, 0.15) is 47.1 Å².